The van der Waals surface area contributed by atoms with Crippen LogP contribution in [0.15, 0.2) is 6.07 Å². The topological polar surface area (TPSA) is 80.9 Å². The van der Waals surface area contributed by atoms with Crippen LogP contribution in [0.1, 0.15) is 45.2 Å². The van der Waals surface area contributed by atoms with Gasteiger partial charge in [0, 0.05) is 17.0 Å². The van der Waals surface area contributed by atoms with Crippen molar-refractivity contribution in [2.24, 2.45) is 17.1 Å². The molecule has 3 N–H and O–H groups in total. The highest BCUT2D eigenvalue weighted by Crippen LogP contribution is 2.41. The quantitative estimate of drug-likeness (QED) is 0.893. The predicted octanol–water partition coefficient (Wildman–Crippen LogP) is 2.52. The zero-order chi connectivity index (χ0) is 14.2. The molecule has 1 aromatic rings. The van der Waals surface area contributed by atoms with Crippen LogP contribution in [0.2, 0.25) is 5.15 Å². The standard InChI is InChI=1S/C13H19ClN4O/c1-13(2,3)12(19)16-9-6-8(11(14)18-17-9)10(15)7-4-5-7/h6-7,10H,4-5,15H2,1-3H3,(H,16,17,19)/t10-/m1/s1. The Bertz CT molecular complexity index is 494. The maximum Gasteiger partial charge on any atom is 0.230 e. The summed E-state index contributed by atoms with van der Waals surface area (Å²) in [6.45, 7) is 5.51. The Hall–Kier alpha value is -1.20. The number of carbonyl (C=O) groups excluding carboxylic acids is 1. The number of rotatable bonds is 3. The van der Waals surface area contributed by atoms with Gasteiger partial charge in [0.15, 0.2) is 11.0 Å². The smallest absolute Gasteiger partial charge is 0.230 e. The van der Waals surface area contributed by atoms with Crippen LogP contribution in [-0.2, 0) is 4.79 Å². The minimum atomic E-state index is -0.486. The molecule has 0 aliphatic heterocycles. The van der Waals surface area contributed by atoms with Crippen LogP contribution >= 0.6 is 11.6 Å². The third-order valence-electron chi connectivity index (χ3n) is 3.19. The average Bonchev–Trinajstić information content (AvgIpc) is 3.13. The summed E-state index contributed by atoms with van der Waals surface area (Å²) in [4.78, 5) is 11.9. The number of nitrogens with two attached hydrogens (primary N) is 1. The zero-order valence-electron chi connectivity index (χ0n) is 11.4. The lowest BCUT2D eigenvalue weighted by Gasteiger charge is -2.18. The average molecular weight is 283 g/mol. The molecule has 104 valence electrons. The van der Waals surface area contributed by atoms with Crippen LogP contribution in [0, 0.1) is 11.3 Å². The van der Waals surface area contributed by atoms with Gasteiger partial charge in [0.2, 0.25) is 5.91 Å². The fourth-order valence-electron chi connectivity index (χ4n) is 1.70. The lowest BCUT2D eigenvalue weighted by molar-refractivity contribution is -0.123. The van der Waals surface area contributed by atoms with E-state index in [0.29, 0.717) is 16.9 Å². The fourth-order valence-corrected chi connectivity index (χ4v) is 1.92. The molecule has 0 radical (unpaired) electrons. The Kier molecular flexibility index (Phi) is 3.78. The number of halogens is 1. The summed E-state index contributed by atoms with van der Waals surface area (Å²) < 4.78 is 0. The van der Waals surface area contributed by atoms with Crippen LogP contribution in [0.3, 0.4) is 0 Å². The first-order valence-corrected chi connectivity index (χ1v) is 6.77. The fraction of sp³-hybridized carbons (Fsp3) is 0.615. The molecule has 1 fully saturated rings. The SMILES string of the molecule is CC(C)(C)C(=O)Nc1cc([C@H](N)C2CC2)c(Cl)nn1. The second kappa shape index (κ2) is 5.06. The van der Waals surface area contributed by atoms with E-state index in [2.05, 4.69) is 15.5 Å². The Morgan fingerprint density at radius 2 is 2.11 bits per heavy atom. The van der Waals surface area contributed by atoms with E-state index in [9.17, 15) is 4.79 Å². The predicted molar refractivity (Wildman–Crippen MR) is 74.8 cm³/mol. The lowest BCUT2D eigenvalue weighted by Crippen LogP contribution is -2.28. The van der Waals surface area contributed by atoms with E-state index >= 15 is 0 Å². The second-order valence-corrected chi connectivity index (χ2v) is 6.40. The molecular weight excluding hydrogens is 264 g/mol. The van der Waals surface area contributed by atoms with E-state index in [1.165, 1.54) is 0 Å². The largest absolute Gasteiger partial charge is 0.324 e. The molecule has 2 rings (SSSR count). The molecule has 6 heteroatoms. The van der Waals surface area contributed by atoms with Crippen molar-refractivity contribution < 1.29 is 4.79 Å². The van der Waals surface area contributed by atoms with Gasteiger partial charge in [-0.25, -0.2) is 0 Å². The molecule has 1 atom stereocenters. The molecule has 19 heavy (non-hydrogen) atoms. The number of amides is 1. The molecule has 5 nitrogen and oxygen atoms in total. The van der Waals surface area contributed by atoms with E-state index in [1.54, 1.807) is 6.07 Å². The summed E-state index contributed by atoms with van der Waals surface area (Å²) in [6, 6.07) is 1.59. The summed E-state index contributed by atoms with van der Waals surface area (Å²) in [7, 11) is 0. The monoisotopic (exact) mass is 282 g/mol. The zero-order valence-corrected chi connectivity index (χ0v) is 12.2. The van der Waals surface area contributed by atoms with Crippen LogP contribution in [0.25, 0.3) is 0 Å². The Morgan fingerprint density at radius 1 is 1.47 bits per heavy atom. The van der Waals surface area contributed by atoms with Crippen molar-refractivity contribution in [3.05, 3.63) is 16.8 Å². The highest BCUT2D eigenvalue weighted by molar-refractivity contribution is 6.30. The minimum absolute atomic E-state index is 0.116. The van der Waals surface area contributed by atoms with Gasteiger partial charge in [-0.05, 0) is 24.8 Å². The van der Waals surface area contributed by atoms with E-state index in [0.717, 1.165) is 18.4 Å². The van der Waals surface area contributed by atoms with Crippen LogP contribution < -0.4 is 11.1 Å². The van der Waals surface area contributed by atoms with Crippen molar-refractivity contribution in [3.63, 3.8) is 0 Å². The number of anilines is 1. The van der Waals surface area contributed by atoms with Gasteiger partial charge in [0.1, 0.15) is 0 Å². The van der Waals surface area contributed by atoms with Gasteiger partial charge in [0.05, 0.1) is 0 Å². The summed E-state index contributed by atoms with van der Waals surface area (Å²) in [5.74, 6) is 0.748. The van der Waals surface area contributed by atoms with Crippen molar-refractivity contribution in [1.29, 1.82) is 0 Å². The Labute approximate surface area is 117 Å². The summed E-state index contributed by atoms with van der Waals surface area (Å²) in [6.07, 6.45) is 2.23. The summed E-state index contributed by atoms with van der Waals surface area (Å²) in [5.41, 5.74) is 6.39. The Morgan fingerprint density at radius 3 is 2.63 bits per heavy atom. The number of carbonyl (C=O) groups is 1. The molecule has 1 saturated carbocycles. The molecule has 1 amide bonds. The first-order chi connectivity index (χ1) is 8.79. The van der Waals surface area contributed by atoms with Gasteiger partial charge in [-0.15, -0.1) is 10.2 Å². The third-order valence-corrected chi connectivity index (χ3v) is 3.48. The minimum Gasteiger partial charge on any atom is -0.324 e. The van der Waals surface area contributed by atoms with Gasteiger partial charge < -0.3 is 11.1 Å². The highest BCUT2D eigenvalue weighted by atomic mass is 35.5. The third kappa shape index (κ3) is 3.42. The molecule has 1 aliphatic rings. The van der Waals surface area contributed by atoms with Gasteiger partial charge >= 0.3 is 0 Å². The van der Waals surface area contributed by atoms with Crippen molar-refractivity contribution in [1.82, 2.24) is 10.2 Å². The number of aromatic nitrogens is 2. The summed E-state index contributed by atoms with van der Waals surface area (Å²) in [5, 5.41) is 10.8. The van der Waals surface area contributed by atoms with Gasteiger partial charge in [-0.1, -0.05) is 32.4 Å². The molecule has 0 unspecified atom stereocenters. The normalized spacial score (nSPS) is 17.1. The molecule has 1 aromatic heterocycles. The summed E-state index contributed by atoms with van der Waals surface area (Å²) >= 11 is 6.02. The van der Waals surface area contributed by atoms with E-state index < -0.39 is 5.41 Å². The molecule has 0 aromatic carbocycles. The van der Waals surface area contributed by atoms with Gasteiger partial charge in [0.25, 0.3) is 0 Å². The molecule has 1 aliphatic carbocycles. The maximum absolute atomic E-state index is 11.9. The molecule has 0 spiro atoms. The highest BCUT2D eigenvalue weighted by Gasteiger charge is 2.31. The van der Waals surface area contributed by atoms with Crippen molar-refractivity contribution >= 4 is 23.3 Å². The maximum atomic E-state index is 11.9. The first-order valence-electron chi connectivity index (χ1n) is 6.39. The van der Waals surface area contributed by atoms with E-state index in [1.807, 2.05) is 20.8 Å². The molecular formula is C13H19ClN4O. The number of nitrogens with zero attached hydrogens (tertiary/aromatic N) is 2. The number of hydrogen-bond donors (Lipinski definition) is 2. The molecule has 0 bridgehead atoms. The number of nitrogens with one attached hydrogen (secondary N) is 1. The van der Waals surface area contributed by atoms with Crippen molar-refractivity contribution in [2.75, 3.05) is 5.32 Å². The van der Waals surface area contributed by atoms with E-state index in [-0.39, 0.29) is 11.9 Å². The lowest BCUT2D eigenvalue weighted by atomic mass is 9.96. The first kappa shape index (κ1) is 14.2. The van der Waals surface area contributed by atoms with Gasteiger partial charge in [-0.2, -0.15) is 0 Å². The van der Waals surface area contributed by atoms with Crippen LogP contribution in [-0.4, -0.2) is 16.1 Å². The van der Waals surface area contributed by atoms with Crippen LogP contribution in [0.5, 0.6) is 0 Å². The van der Waals surface area contributed by atoms with Gasteiger partial charge in [-0.3, -0.25) is 4.79 Å². The van der Waals surface area contributed by atoms with Crippen LogP contribution in [0.4, 0.5) is 5.82 Å². The van der Waals surface area contributed by atoms with Crippen molar-refractivity contribution in [2.45, 2.75) is 39.7 Å². The van der Waals surface area contributed by atoms with Crippen molar-refractivity contribution in [3.8, 4) is 0 Å². The second-order valence-electron chi connectivity index (χ2n) is 6.04. The molecule has 1 heterocycles. The molecule has 0 saturated heterocycles. The Balaban J connectivity index is 2.18. The number of hydrogen-bond acceptors (Lipinski definition) is 4. The van der Waals surface area contributed by atoms with E-state index in [4.69, 9.17) is 17.3 Å².